The molecule has 4 heteroatoms. The molecule has 0 fully saturated rings. The zero-order valence-corrected chi connectivity index (χ0v) is 25.7. The van der Waals surface area contributed by atoms with Crippen LogP contribution in [0.1, 0.15) is 12.7 Å². The van der Waals surface area contributed by atoms with Crippen LogP contribution >= 0.6 is 7.14 Å². The number of fused-ring (bicyclic) bond motifs is 4. The maximum atomic E-state index is 15.6. The highest BCUT2D eigenvalue weighted by Crippen LogP contribution is 2.50. The number of aromatic nitrogens is 2. The lowest BCUT2D eigenvalue weighted by atomic mass is 9.96. The van der Waals surface area contributed by atoms with Gasteiger partial charge in [-0.2, -0.15) is 0 Å². The zero-order valence-electron chi connectivity index (χ0n) is 24.8. The molecule has 1 unspecified atom stereocenters. The molecule has 0 spiro atoms. The molecular weight excluding hydrogens is 567 g/mol. The van der Waals surface area contributed by atoms with Gasteiger partial charge >= 0.3 is 0 Å². The van der Waals surface area contributed by atoms with Gasteiger partial charge in [0, 0.05) is 22.3 Å². The highest BCUT2D eigenvalue weighted by molar-refractivity contribution is 7.86. The SMILES string of the molecule is CCc1nc2cccc3c2n1-c1ccc(-c2ccc4cc(-c5ccc6ccccc6c5)ccc4c2)cc1P3(=O)c1ccccc1. The number of aryl methyl sites for hydroxylation is 1. The molecule has 0 saturated carbocycles. The molecule has 45 heavy (non-hydrogen) atoms. The van der Waals surface area contributed by atoms with Crippen molar-refractivity contribution in [3.63, 3.8) is 0 Å². The predicted octanol–water partition coefficient (Wildman–Crippen LogP) is 9.18. The fraction of sp³-hybridized carbons (Fsp3) is 0.0488. The molecule has 0 radical (unpaired) electrons. The Morgan fingerprint density at radius 3 is 1.82 bits per heavy atom. The van der Waals surface area contributed by atoms with Gasteiger partial charge in [-0.15, -0.1) is 0 Å². The summed E-state index contributed by atoms with van der Waals surface area (Å²) in [6.45, 7) is 2.13. The van der Waals surface area contributed by atoms with Gasteiger partial charge in [0.25, 0.3) is 0 Å². The molecule has 0 saturated heterocycles. The van der Waals surface area contributed by atoms with Crippen LogP contribution in [0.2, 0.25) is 0 Å². The Morgan fingerprint density at radius 2 is 1.13 bits per heavy atom. The fourth-order valence-electron chi connectivity index (χ4n) is 7.07. The zero-order chi connectivity index (χ0) is 30.1. The van der Waals surface area contributed by atoms with Gasteiger partial charge < -0.3 is 4.57 Å². The van der Waals surface area contributed by atoms with E-state index >= 15 is 4.57 Å². The average Bonchev–Trinajstić information content (AvgIpc) is 3.49. The number of imidazole rings is 1. The smallest absolute Gasteiger partial charge is 0.175 e. The lowest BCUT2D eigenvalue weighted by molar-refractivity contribution is 0.592. The van der Waals surface area contributed by atoms with Crippen LogP contribution in [0.4, 0.5) is 0 Å². The molecule has 0 aliphatic carbocycles. The normalized spacial score (nSPS) is 15.5. The van der Waals surface area contributed by atoms with Gasteiger partial charge in [-0.25, -0.2) is 4.98 Å². The fourth-order valence-corrected chi connectivity index (χ4v) is 10.1. The Hall–Kier alpha value is -5.24. The molecule has 2 heterocycles. The molecular formula is C41H29N2OP. The van der Waals surface area contributed by atoms with Crippen molar-refractivity contribution >= 4 is 55.6 Å². The molecule has 7 aromatic carbocycles. The van der Waals surface area contributed by atoms with Gasteiger partial charge in [0.1, 0.15) is 5.82 Å². The van der Waals surface area contributed by atoms with E-state index in [1.165, 1.54) is 32.7 Å². The summed E-state index contributed by atoms with van der Waals surface area (Å²) in [4.78, 5) is 4.96. The number of hydrogen-bond acceptors (Lipinski definition) is 2. The van der Waals surface area contributed by atoms with Crippen LogP contribution in [0, 0.1) is 0 Å². The minimum atomic E-state index is -3.18. The van der Waals surface area contributed by atoms with E-state index in [-0.39, 0.29) is 0 Å². The Balaban J connectivity index is 1.19. The van der Waals surface area contributed by atoms with Gasteiger partial charge in [-0.05, 0) is 86.3 Å². The van der Waals surface area contributed by atoms with Crippen LogP contribution in [0.25, 0.3) is 60.5 Å². The largest absolute Gasteiger partial charge is 0.308 e. The van der Waals surface area contributed by atoms with Gasteiger partial charge in [0.2, 0.25) is 0 Å². The van der Waals surface area contributed by atoms with E-state index in [1.807, 2.05) is 48.5 Å². The maximum Gasteiger partial charge on any atom is 0.175 e. The molecule has 1 atom stereocenters. The highest BCUT2D eigenvalue weighted by atomic mass is 31.2. The molecule has 3 nitrogen and oxygen atoms in total. The van der Waals surface area contributed by atoms with E-state index in [4.69, 9.17) is 4.98 Å². The molecule has 0 amide bonds. The number of nitrogens with zero attached hydrogens (tertiary/aromatic N) is 2. The number of rotatable bonds is 4. The monoisotopic (exact) mass is 596 g/mol. The van der Waals surface area contributed by atoms with Crippen molar-refractivity contribution in [2.45, 2.75) is 13.3 Å². The summed E-state index contributed by atoms with van der Waals surface area (Å²) >= 11 is 0. The lowest BCUT2D eigenvalue weighted by Crippen LogP contribution is -2.33. The lowest BCUT2D eigenvalue weighted by Gasteiger charge is -2.29. The summed E-state index contributed by atoms with van der Waals surface area (Å²) in [5.41, 5.74) is 7.40. The Bertz CT molecular complexity index is 2510. The van der Waals surface area contributed by atoms with E-state index in [2.05, 4.69) is 109 Å². The van der Waals surface area contributed by atoms with Gasteiger partial charge in [0.05, 0.1) is 16.7 Å². The van der Waals surface area contributed by atoms with Crippen molar-refractivity contribution in [3.8, 4) is 27.9 Å². The highest BCUT2D eigenvalue weighted by Gasteiger charge is 2.39. The molecule has 9 rings (SSSR count). The van der Waals surface area contributed by atoms with Crippen LogP contribution < -0.4 is 15.9 Å². The van der Waals surface area contributed by atoms with Crippen molar-refractivity contribution in [1.82, 2.24) is 9.55 Å². The van der Waals surface area contributed by atoms with E-state index in [0.717, 1.165) is 56.0 Å². The van der Waals surface area contributed by atoms with Crippen molar-refractivity contribution < 1.29 is 4.57 Å². The first-order valence-corrected chi connectivity index (χ1v) is 17.2. The third kappa shape index (κ3) is 3.91. The van der Waals surface area contributed by atoms with Crippen LogP contribution in [0.15, 0.2) is 146 Å². The second-order valence-electron chi connectivity index (χ2n) is 11.8. The molecule has 0 bridgehead atoms. The third-order valence-corrected chi connectivity index (χ3v) is 12.4. The molecule has 8 aromatic rings. The van der Waals surface area contributed by atoms with E-state index in [0.29, 0.717) is 0 Å². The summed E-state index contributed by atoms with van der Waals surface area (Å²) in [6, 6.07) is 51.0. The quantitative estimate of drug-likeness (QED) is 0.190. The first kappa shape index (κ1) is 26.2. The van der Waals surface area contributed by atoms with E-state index in [9.17, 15) is 0 Å². The number of para-hydroxylation sites is 1. The van der Waals surface area contributed by atoms with E-state index in [1.54, 1.807) is 0 Å². The third-order valence-electron chi connectivity index (χ3n) is 9.31. The standard InChI is InChI=1S/C41H29N2OP/c1-2-40-42-36-13-8-14-38-41(36)43(40)37-22-21-34(26-39(37)45(38,44)35-11-4-3-5-12-35)33-20-19-31-24-30(17-18-32(31)25-33)29-16-15-27-9-6-7-10-28(27)23-29/h3-26H,2H2,1H3. The van der Waals surface area contributed by atoms with Crippen LogP contribution in [0.5, 0.6) is 0 Å². The molecule has 1 aliphatic rings. The summed E-state index contributed by atoms with van der Waals surface area (Å²) in [5.74, 6) is 0.985. The molecule has 214 valence electrons. The minimum Gasteiger partial charge on any atom is -0.308 e. The Morgan fingerprint density at radius 1 is 0.556 bits per heavy atom. The second kappa shape index (κ2) is 9.89. The summed E-state index contributed by atoms with van der Waals surface area (Å²) in [5, 5.41) is 7.45. The van der Waals surface area contributed by atoms with Crippen molar-refractivity contribution in [3.05, 3.63) is 151 Å². The van der Waals surface area contributed by atoms with Crippen molar-refractivity contribution in [2.24, 2.45) is 0 Å². The Kier molecular flexibility index (Phi) is 5.75. The van der Waals surface area contributed by atoms with Crippen LogP contribution in [-0.4, -0.2) is 9.55 Å². The molecule has 1 aromatic heterocycles. The predicted molar refractivity (Wildman–Crippen MR) is 189 cm³/mol. The van der Waals surface area contributed by atoms with Crippen molar-refractivity contribution in [2.75, 3.05) is 0 Å². The Labute approximate surface area is 261 Å². The van der Waals surface area contributed by atoms with Crippen LogP contribution in [-0.2, 0) is 11.0 Å². The number of benzene rings is 7. The van der Waals surface area contributed by atoms with Gasteiger partial charge in [0.15, 0.2) is 7.14 Å². The summed E-state index contributed by atoms with van der Waals surface area (Å²) in [6.07, 6.45) is 0.789. The maximum absolute atomic E-state index is 15.6. The molecule has 0 N–H and O–H groups in total. The summed E-state index contributed by atoms with van der Waals surface area (Å²) < 4.78 is 17.8. The topological polar surface area (TPSA) is 34.9 Å². The second-order valence-corrected chi connectivity index (χ2v) is 14.5. The van der Waals surface area contributed by atoms with Crippen LogP contribution in [0.3, 0.4) is 0 Å². The first-order chi connectivity index (χ1) is 22.1. The van der Waals surface area contributed by atoms with E-state index < -0.39 is 7.14 Å². The minimum absolute atomic E-state index is 0.789. The first-order valence-electron chi connectivity index (χ1n) is 15.5. The molecule has 1 aliphatic heterocycles. The van der Waals surface area contributed by atoms with Gasteiger partial charge in [-0.3, -0.25) is 4.57 Å². The van der Waals surface area contributed by atoms with Gasteiger partial charge in [-0.1, -0.05) is 110 Å². The van der Waals surface area contributed by atoms with Crippen molar-refractivity contribution in [1.29, 1.82) is 0 Å². The number of hydrogen-bond donors (Lipinski definition) is 0. The average molecular weight is 597 g/mol. The summed E-state index contributed by atoms with van der Waals surface area (Å²) in [7, 11) is -3.18.